The number of piperidine rings is 1. The third-order valence-corrected chi connectivity index (χ3v) is 4.49. The second kappa shape index (κ2) is 8.73. The Kier molecular flexibility index (Phi) is 7.61. The molecule has 0 unspecified atom stereocenters. The number of nitrogens with zero attached hydrogens (tertiary/aromatic N) is 1. The molecule has 1 aliphatic rings. The summed E-state index contributed by atoms with van der Waals surface area (Å²) in [4.78, 5) is 25.8. The van der Waals surface area contributed by atoms with Crippen LogP contribution in [0.25, 0.3) is 0 Å². The zero-order valence-corrected chi connectivity index (χ0v) is 15.0. The second-order valence-corrected chi connectivity index (χ2v) is 6.32. The first kappa shape index (κ1) is 20.0. The Balaban J connectivity index is 0.00000264. The Bertz CT molecular complexity index is 573. The van der Waals surface area contributed by atoms with E-state index in [0.29, 0.717) is 41.7 Å². The number of benzene rings is 1. The summed E-state index contributed by atoms with van der Waals surface area (Å²) in [6, 6.07) is 4.47. The van der Waals surface area contributed by atoms with Crippen molar-refractivity contribution in [3.05, 3.63) is 28.2 Å². The molecular weight excluding hydrogens is 361 g/mol. The number of likely N-dealkylation sites (tertiary alicyclic amines) is 1. The molecule has 0 spiro atoms. The van der Waals surface area contributed by atoms with Gasteiger partial charge in [-0.25, -0.2) is 0 Å². The number of rotatable bonds is 3. The minimum absolute atomic E-state index is 0. The fourth-order valence-electron chi connectivity index (χ4n) is 2.47. The van der Waals surface area contributed by atoms with Crippen LogP contribution in [0.4, 0.5) is 5.69 Å². The monoisotopic (exact) mass is 379 g/mol. The van der Waals surface area contributed by atoms with Gasteiger partial charge in [-0.1, -0.05) is 23.2 Å². The maximum absolute atomic E-state index is 12.3. The summed E-state index contributed by atoms with van der Waals surface area (Å²) >= 11 is 11.8. The molecule has 0 radical (unpaired) electrons. The Morgan fingerprint density at radius 3 is 2.39 bits per heavy atom. The zero-order valence-electron chi connectivity index (χ0n) is 12.7. The van der Waals surface area contributed by atoms with Crippen molar-refractivity contribution in [2.45, 2.75) is 25.8 Å². The summed E-state index contributed by atoms with van der Waals surface area (Å²) in [6.07, 6.45) is 1.26. The lowest BCUT2D eigenvalue weighted by Crippen LogP contribution is -2.47. The number of nitrogens with two attached hydrogens (primary N) is 1. The Labute approximate surface area is 151 Å². The van der Waals surface area contributed by atoms with Crippen LogP contribution in [0, 0.1) is 5.92 Å². The minimum atomic E-state index is -0.499. The van der Waals surface area contributed by atoms with Gasteiger partial charge in [0.25, 0.3) is 0 Å². The van der Waals surface area contributed by atoms with Crippen LogP contribution in [0.2, 0.25) is 10.0 Å². The molecule has 1 aromatic carbocycles. The predicted octanol–water partition coefficient (Wildman–Crippen LogP) is 2.94. The van der Waals surface area contributed by atoms with Crippen LogP contribution < -0.4 is 11.1 Å². The smallest absolute Gasteiger partial charge is 0.239 e. The molecule has 2 rings (SSSR count). The standard InChI is InChI=1S/C15H19Cl2N3O2.ClH/c1-9(18)15(22)20-6-4-10(5-7-20)14(21)19-11-2-3-12(16)13(17)8-11;/h2-3,8-10H,4-7,18H2,1H3,(H,19,21);1H/t9-;/m1./s1. The molecule has 0 saturated carbocycles. The fourth-order valence-corrected chi connectivity index (χ4v) is 2.77. The van der Waals surface area contributed by atoms with Gasteiger partial charge in [-0.3, -0.25) is 9.59 Å². The predicted molar refractivity (Wildman–Crippen MR) is 95.3 cm³/mol. The first-order chi connectivity index (χ1) is 10.4. The quantitative estimate of drug-likeness (QED) is 0.846. The number of amides is 2. The Morgan fingerprint density at radius 2 is 1.87 bits per heavy atom. The summed E-state index contributed by atoms with van der Waals surface area (Å²) in [5.74, 6) is -0.249. The van der Waals surface area contributed by atoms with Crippen molar-refractivity contribution in [3.8, 4) is 0 Å². The molecule has 1 aliphatic heterocycles. The molecule has 0 bridgehead atoms. The van der Waals surface area contributed by atoms with Gasteiger partial charge in [0.05, 0.1) is 16.1 Å². The number of carbonyl (C=O) groups is 2. The molecule has 128 valence electrons. The van der Waals surface area contributed by atoms with Crippen molar-refractivity contribution in [3.63, 3.8) is 0 Å². The molecule has 2 amide bonds. The molecule has 1 atom stereocenters. The summed E-state index contributed by atoms with van der Waals surface area (Å²) in [5.41, 5.74) is 6.21. The van der Waals surface area contributed by atoms with Crippen LogP contribution in [-0.2, 0) is 9.59 Å². The van der Waals surface area contributed by atoms with E-state index in [2.05, 4.69) is 5.32 Å². The lowest BCUT2D eigenvalue weighted by Gasteiger charge is -2.32. The van der Waals surface area contributed by atoms with E-state index in [1.165, 1.54) is 0 Å². The first-order valence-electron chi connectivity index (χ1n) is 7.18. The fraction of sp³-hybridized carbons (Fsp3) is 0.467. The SMILES string of the molecule is C[C@@H](N)C(=O)N1CCC(C(=O)Nc2ccc(Cl)c(Cl)c2)CC1.Cl. The summed E-state index contributed by atoms with van der Waals surface area (Å²) < 4.78 is 0. The third-order valence-electron chi connectivity index (χ3n) is 3.75. The maximum atomic E-state index is 12.3. The van der Waals surface area contributed by atoms with Gasteiger partial charge in [0, 0.05) is 24.7 Å². The molecule has 1 heterocycles. The van der Waals surface area contributed by atoms with Crippen molar-refractivity contribution in [2.24, 2.45) is 11.7 Å². The van der Waals surface area contributed by atoms with Crippen LogP contribution in [0.5, 0.6) is 0 Å². The van der Waals surface area contributed by atoms with Crippen LogP contribution >= 0.6 is 35.6 Å². The van der Waals surface area contributed by atoms with Gasteiger partial charge in [0.1, 0.15) is 0 Å². The number of carbonyl (C=O) groups excluding carboxylic acids is 2. The molecule has 1 saturated heterocycles. The largest absolute Gasteiger partial charge is 0.341 e. The van der Waals surface area contributed by atoms with Gasteiger partial charge >= 0.3 is 0 Å². The van der Waals surface area contributed by atoms with Crippen LogP contribution in [0.3, 0.4) is 0 Å². The summed E-state index contributed by atoms with van der Waals surface area (Å²) in [6.45, 7) is 2.78. The van der Waals surface area contributed by atoms with Crippen molar-refractivity contribution in [2.75, 3.05) is 18.4 Å². The number of hydrogen-bond donors (Lipinski definition) is 2. The maximum Gasteiger partial charge on any atom is 0.239 e. The summed E-state index contributed by atoms with van der Waals surface area (Å²) in [5, 5.41) is 3.68. The number of halogens is 3. The molecule has 0 aliphatic carbocycles. The number of hydrogen-bond acceptors (Lipinski definition) is 3. The van der Waals surface area contributed by atoms with E-state index in [1.807, 2.05) is 0 Å². The topological polar surface area (TPSA) is 75.4 Å². The molecule has 0 aromatic heterocycles. The summed E-state index contributed by atoms with van der Waals surface area (Å²) in [7, 11) is 0. The highest BCUT2D eigenvalue weighted by molar-refractivity contribution is 6.42. The van der Waals surface area contributed by atoms with E-state index in [4.69, 9.17) is 28.9 Å². The average Bonchev–Trinajstić information content (AvgIpc) is 2.50. The Morgan fingerprint density at radius 1 is 1.26 bits per heavy atom. The van der Waals surface area contributed by atoms with E-state index in [0.717, 1.165) is 0 Å². The molecular formula is C15H20Cl3N3O2. The van der Waals surface area contributed by atoms with Crippen LogP contribution in [0.15, 0.2) is 18.2 Å². The van der Waals surface area contributed by atoms with E-state index in [9.17, 15) is 9.59 Å². The van der Waals surface area contributed by atoms with Crippen molar-refractivity contribution < 1.29 is 9.59 Å². The molecule has 1 fully saturated rings. The highest BCUT2D eigenvalue weighted by Gasteiger charge is 2.28. The van der Waals surface area contributed by atoms with Gasteiger partial charge in [-0.05, 0) is 38.0 Å². The molecule has 23 heavy (non-hydrogen) atoms. The minimum Gasteiger partial charge on any atom is -0.341 e. The van der Waals surface area contributed by atoms with Crippen molar-refractivity contribution >= 4 is 53.1 Å². The van der Waals surface area contributed by atoms with E-state index in [1.54, 1.807) is 30.0 Å². The first-order valence-corrected chi connectivity index (χ1v) is 7.94. The molecule has 1 aromatic rings. The average molecular weight is 381 g/mol. The number of anilines is 1. The van der Waals surface area contributed by atoms with Gasteiger partial charge in [-0.2, -0.15) is 0 Å². The molecule has 5 nitrogen and oxygen atoms in total. The van der Waals surface area contributed by atoms with E-state index < -0.39 is 6.04 Å². The molecule has 3 N–H and O–H groups in total. The third kappa shape index (κ3) is 5.24. The van der Waals surface area contributed by atoms with E-state index >= 15 is 0 Å². The zero-order chi connectivity index (χ0) is 16.3. The van der Waals surface area contributed by atoms with Gasteiger partial charge in [-0.15, -0.1) is 12.4 Å². The normalized spacial score (nSPS) is 16.4. The second-order valence-electron chi connectivity index (χ2n) is 5.51. The van der Waals surface area contributed by atoms with E-state index in [-0.39, 0.29) is 30.1 Å². The van der Waals surface area contributed by atoms with Gasteiger partial charge in [0.2, 0.25) is 11.8 Å². The lowest BCUT2D eigenvalue weighted by atomic mass is 9.95. The van der Waals surface area contributed by atoms with Crippen molar-refractivity contribution in [1.82, 2.24) is 4.90 Å². The number of nitrogens with one attached hydrogen (secondary N) is 1. The molecule has 8 heteroatoms. The highest BCUT2D eigenvalue weighted by atomic mass is 35.5. The van der Waals surface area contributed by atoms with Gasteiger partial charge in [0.15, 0.2) is 0 Å². The van der Waals surface area contributed by atoms with Gasteiger partial charge < -0.3 is 16.0 Å². The Hall–Kier alpha value is -1.01. The van der Waals surface area contributed by atoms with Crippen molar-refractivity contribution in [1.29, 1.82) is 0 Å². The van der Waals surface area contributed by atoms with Crippen LogP contribution in [0.1, 0.15) is 19.8 Å². The van der Waals surface area contributed by atoms with Crippen LogP contribution in [-0.4, -0.2) is 35.8 Å². The lowest BCUT2D eigenvalue weighted by molar-refractivity contribution is -0.135. The highest BCUT2D eigenvalue weighted by Crippen LogP contribution is 2.26.